The van der Waals surface area contributed by atoms with Gasteiger partial charge in [0.25, 0.3) is 0 Å². The van der Waals surface area contributed by atoms with Gasteiger partial charge in [0.15, 0.2) is 0 Å². The van der Waals surface area contributed by atoms with E-state index >= 15 is 0 Å². The normalized spacial score (nSPS) is 11.8. The summed E-state index contributed by atoms with van der Waals surface area (Å²) < 4.78 is 45.4. The molecular weight excluding hydrogens is 369 g/mol. The highest BCUT2D eigenvalue weighted by molar-refractivity contribution is 5.66. The SMILES string of the molecule is Cc1ccc(-c2cnn(C)c2)nc1-c1nc(-c2ccc(C(F)(F)F)cc2)co1. The number of aromatic nitrogens is 4. The number of hydrogen-bond donors (Lipinski definition) is 0. The van der Waals surface area contributed by atoms with Crippen LogP contribution in [0.2, 0.25) is 0 Å². The summed E-state index contributed by atoms with van der Waals surface area (Å²) in [6.45, 7) is 1.89. The van der Waals surface area contributed by atoms with E-state index in [1.54, 1.807) is 10.9 Å². The Bertz CT molecular complexity index is 1130. The van der Waals surface area contributed by atoms with Crippen molar-refractivity contribution in [3.63, 3.8) is 0 Å². The second-order valence-electron chi connectivity index (χ2n) is 6.38. The molecule has 1 aromatic carbocycles. The summed E-state index contributed by atoms with van der Waals surface area (Å²) in [4.78, 5) is 9.03. The quantitative estimate of drug-likeness (QED) is 0.491. The maximum Gasteiger partial charge on any atom is 0.416 e. The fraction of sp³-hybridized carbons (Fsp3) is 0.150. The zero-order chi connectivity index (χ0) is 19.9. The van der Waals surface area contributed by atoms with Gasteiger partial charge in [-0.15, -0.1) is 0 Å². The molecule has 0 radical (unpaired) electrons. The minimum Gasteiger partial charge on any atom is -0.443 e. The molecular formula is C20H15F3N4O. The number of rotatable bonds is 3. The summed E-state index contributed by atoms with van der Waals surface area (Å²) in [6.07, 6.45) is 0.604. The molecule has 0 spiro atoms. The van der Waals surface area contributed by atoms with E-state index in [9.17, 15) is 13.2 Å². The summed E-state index contributed by atoms with van der Waals surface area (Å²) in [6, 6.07) is 8.59. The van der Waals surface area contributed by atoms with Crippen LogP contribution < -0.4 is 0 Å². The maximum absolute atomic E-state index is 12.7. The van der Waals surface area contributed by atoms with Gasteiger partial charge in [0.1, 0.15) is 17.7 Å². The van der Waals surface area contributed by atoms with Crippen LogP contribution in [-0.2, 0) is 13.2 Å². The largest absolute Gasteiger partial charge is 0.443 e. The Kier molecular flexibility index (Phi) is 4.26. The van der Waals surface area contributed by atoms with E-state index in [2.05, 4.69) is 15.1 Å². The van der Waals surface area contributed by atoms with Crippen molar-refractivity contribution in [3.8, 4) is 34.1 Å². The van der Waals surface area contributed by atoms with Gasteiger partial charge in [0.05, 0.1) is 17.5 Å². The highest BCUT2D eigenvalue weighted by Crippen LogP contribution is 2.32. The Labute approximate surface area is 158 Å². The predicted molar refractivity (Wildman–Crippen MR) is 97.1 cm³/mol. The summed E-state index contributed by atoms with van der Waals surface area (Å²) in [5.41, 5.74) is 3.29. The number of pyridine rings is 1. The van der Waals surface area contributed by atoms with Gasteiger partial charge < -0.3 is 4.42 Å². The van der Waals surface area contributed by atoms with Gasteiger partial charge in [-0.3, -0.25) is 4.68 Å². The topological polar surface area (TPSA) is 56.7 Å². The molecule has 0 bridgehead atoms. The van der Waals surface area contributed by atoms with Gasteiger partial charge in [-0.05, 0) is 30.7 Å². The minimum absolute atomic E-state index is 0.304. The van der Waals surface area contributed by atoms with Crippen LogP contribution in [-0.4, -0.2) is 19.7 Å². The first kappa shape index (κ1) is 18.0. The Morgan fingerprint density at radius 2 is 1.68 bits per heavy atom. The van der Waals surface area contributed by atoms with Gasteiger partial charge >= 0.3 is 6.18 Å². The van der Waals surface area contributed by atoms with E-state index < -0.39 is 11.7 Å². The van der Waals surface area contributed by atoms with Crippen molar-refractivity contribution in [2.45, 2.75) is 13.1 Å². The van der Waals surface area contributed by atoms with Crippen LogP contribution in [0.25, 0.3) is 34.1 Å². The van der Waals surface area contributed by atoms with Crippen LogP contribution in [0, 0.1) is 6.92 Å². The highest BCUT2D eigenvalue weighted by Gasteiger charge is 2.30. The average Bonchev–Trinajstić information content (AvgIpc) is 3.31. The van der Waals surface area contributed by atoms with Crippen molar-refractivity contribution in [1.29, 1.82) is 0 Å². The van der Waals surface area contributed by atoms with E-state index in [0.29, 0.717) is 22.8 Å². The Morgan fingerprint density at radius 3 is 2.32 bits per heavy atom. The van der Waals surface area contributed by atoms with E-state index in [-0.39, 0.29) is 0 Å². The van der Waals surface area contributed by atoms with Crippen LogP contribution in [0.3, 0.4) is 0 Å². The summed E-state index contributed by atoms with van der Waals surface area (Å²) in [5, 5.41) is 4.14. The molecule has 4 aromatic rings. The van der Waals surface area contributed by atoms with Gasteiger partial charge in [0, 0.05) is 24.4 Å². The third kappa shape index (κ3) is 3.40. The number of halogens is 3. The standard InChI is InChI=1S/C20H15F3N4O/c1-12-3-8-16(14-9-24-27(2)10-14)25-18(12)19-26-17(11-28-19)13-4-6-15(7-5-13)20(21,22)23/h3-11H,1-2H3. The molecule has 0 N–H and O–H groups in total. The smallest absolute Gasteiger partial charge is 0.416 e. The second kappa shape index (κ2) is 6.63. The van der Waals surface area contributed by atoms with Gasteiger partial charge in [0.2, 0.25) is 5.89 Å². The minimum atomic E-state index is -4.37. The molecule has 0 atom stereocenters. The summed E-state index contributed by atoms with van der Waals surface area (Å²) in [5.74, 6) is 0.304. The number of oxazole rings is 1. The first-order chi connectivity index (χ1) is 13.3. The lowest BCUT2D eigenvalue weighted by atomic mass is 10.1. The van der Waals surface area contributed by atoms with Crippen LogP contribution >= 0.6 is 0 Å². The zero-order valence-electron chi connectivity index (χ0n) is 15.0. The number of benzene rings is 1. The van der Waals surface area contributed by atoms with Crippen LogP contribution in [0.1, 0.15) is 11.1 Å². The molecule has 8 heteroatoms. The van der Waals surface area contributed by atoms with Crippen LogP contribution in [0.4, 0.5) is 13.2 Å². The molecule has 0 aliphatic heterocycles. The number of alkyl halides is 3. The van der Waals surface area contributed by atoms with E-state index in [4.69, 9.17) is 4.42 Å². The van der Waals surface area contributed by atoms with E-state index in [0.717, 1.165) is 29.0 Å². The third-order valence-electron chi connectivity index (χ3n) is 4.31. The van der Waals surface area contributed by atoms with E-state index in [1.807, 2.05) is 32.3 Å². The number of aryl methyl sites for hydroxylation is 2. The monoisotopic (exact) mass is 384 g/mol. The van der Waals surface area contributed by atoms with Gasteiger partial charge in [-0.25, -0.2) is 9.97 Å². The average molecular weight is 384 g/mol. The molecule has 0 saturated heterocycles. The van der Waals surface area contributed by atoms with Crippen LogP contribution in [0.5, 0.6) is 0 Å². The molecule has 0 unspecified atom stereocenters. The Morgan fingerprint density at radius 1 is 0.929 bits per heavy atom. The Hall–Kier alpha value is -3.42. The second-order valence-corrected chi connectivity index (χ2v) is 6.38. The first-order valence-corrected chi connectivity index (χ1v) is 8.41. The van der Waals surface area contributed by atoms with Crippen molar-refractivity contribution in [2.75, 3.05) is 0 Å². The maximum atomic E-state index is 12.7. The molecule has 0 saturated carbocycles. The lowest BCUT2D eigenvalue weighted by Crippen LogP contribution is -2.03. The fourth-order valence-corrected chi connectivity index (χ4v) is 2.80. The van der Waals surface area contributed by atoms with E-state index in [1.165, 1.54) is 18.4 Å². The Balaban J connectivity index is 1.68. The summed E-state index contributed by atoms with van der Waals surface area (Å²) >= 11 is 0. The summed E-state index contributed by atoms with van der Waals surface area (Å²) in [7, 11) is 1.82. The highest BCUT2D eigenvalue weighted by atomic mass is 19.4. The van der Waals surface area contributed by atoms with Gasteiger partial charge in [-0.1, -0.05) is 18.2 Å². The molecule has 0 fully saturated rings. The molecule has 4 rings (SSSR count). The molecule has 3 heterocycles. The van der Waals surface area contributed by atoms with Crippen molar-refractivity contribution in [2.24, 2.45) is 7.05 Å². The molecule has 0 aliphatic carbocycles. The molecule has 142 valence electrons. The molecule has 0 aliphatic rings. The lowest BCUT2D eigenvalue weighted by Gasteiger charge is -2.06. The molecule has 5 nitrogen and oxygen atoms in total. The van der Waals surface area contributed by atoms with Crippen molar-refractivity contribution in [1.82, 2.24) is 19.7 Å². The third-order valence-corrected chi connectivity index (χ3v) is 4.31. The van der Waals surface area contributed by atoms with Gasteiger partial charge in [-0.2, -0.15) is 18.3 Å². The van der Waals surface area contributed by atoms with Crippen molar-refractivity contribution in [3.05, 3.63) is 66.2 Å². The lowest BCUT2D eigenvalue weighted by molar-refractivity contribution is -0.137. The van der Waals surface area contributed by atoms with Crippen molar-refractivity contribution >= 4 is 0 Å². The predicted octanol–water partition coefficient (Wildman–Crippen LogP) is 5.13. The zero-order valence-corrected chi connectivity index (χ0v) is 15.0. The number of nitrogens with zero attached hydrogens (tertiary/aromatic N) is 4. The molecule has 0 amide bonds. The number of hydrogen-bond acceptors (Lipinski definition) is 4. The first-order valence-electron chi connectivity index (χ1n) is 8.41. The fourth-order valence-electron chi connectivity index (χ4n) is 2.80. The molecule has 28 heavy (non-hydrogen) atoms. The van der Waals surface area contributed by atoms with Crippen LogP contribution in [0.15, 0.2) is 59.5 Å². The van der Waals surface area contributed by atoms with Crippen molar-refractivity contribution < 1.29 is 17.6 Å². The molecule has 3 aromatic heterocycles.